The molecular formula is C12H9F3N2O. The van der Waals surface area contributed by atoms with Crippen LogP contribution in [0.5, 0.6) is 0 Å². The van der Waals surface area contributed by atoms with Crippen molar-refractivity contribution in [3.05, 3.63) is 63.6 Å². The van der Waals surface area contributed by atoms with Gasteiger partial charge in [0.25, 0.3) is 5.56 Å². The number of hydrogen-bond acceptors (Lipinski definition) is 2. The van der Waals surface area contributed by atoms with Gasteiger partial charge in [0.2, 0.25) is 0 Å². The highest BCUT2D eigenvalue weighted by Crippen LogP contribution is 2.29. The molecule has 0 aliphatic rings. The Morgan fingerprint density at radius 2 is 1.94 bits per heavy atom. The highest BCUT2D eigenvalue weighted by atomic mass is 19.4. The Kier molecular flexibility index (Phi) is 3.18. The first-order valence-electron chi connectivity index (χ1n) is 5.16. The Hall–Kier alpha value is -2.11. The molecule has 1 aromatic carbocycles. The normalized spacial score (nSPS) is 11.5. The van der Waals surface area contributed by atoms with Crippen molar-refractivity contribution < 1.29 is 13.2 Å². The summed E-state index contributed by atoms with van der Waals surface area (Å²) >= 11 is 0. The summed E-state index contributed by atoms with van der Waals surface area (Å²) in [6.45, 7) is 0. The van der Waals surface area contributed by atoms with Crippen molar-refractivity contribution in [1.29, 1.82) is 0 Å². The third kappa shape index (κ3) is 2.97. The maximum absolute atomic E-state index is 12.5. The fraction of sp³-hybridized carbons (Fsp3) is 0.167. The predicted molar refractivity (Wildman–Crippen MR) is 59.1 cm³/mol. The van der Waals surface area contributed by atoms with Gasteiger partial charge in [0.15, 0.2) is 0 Å². The summed E-state index contributed by atoms with van der Waals surface area (Å²) in [4.78, 5) is 10.8. The van der Waals surface area contributed by atoms with Gasteiger partial charge in [0, 0.05) is 12.5 Å². The topological polar surface area (TPSA) is 45.8 Å². The Morgan fingerprint density at radius 3 is 2.56 bits per heavy atom. The second kappa shape index (κ2) is 4.64. The number of rotatable bonds is 2. The second-order valence-electron chi connectivity index (χ2n) is 3.79. The summed E-state index contributed by atoms with van der Waals surface area (Å²) in [5.41, 5.74) is -0.0366. The molecule has 0 fully saturated rings. The van der Waals surface area contributed by atoms with Crippen molar-refractivity contribution in [3.8, 4) is 0 Å². The smallest absolute Gasteiger partial charge is 0.268 e. The Balaban J connectivity index is 2.24. The number of alkyl halides is 3. The maximum atomic E-state index is 12.5. The fourth-order valence-electron chi connectivity index (χ4n) is 1.54. The molecule has 2 rings (SSSR count). The molecule has 3 nitrogen and oxygen atoms in total. The quantitative estimate of drug-likeness (QED) is 0.894. The SMILES string of the molecule is O=c1ccc(Cc2cccc(C(F)(F)F)c2)n[nH]1. The molecule has 0 saturated heterocycles. The van der Waals surface area contributed by atoms with Gasteiger partial charge in [0.05, 0.1) is 11.3 Å². The Labute approximate surface area is 100 Å². The summed E-state index contributed by atoms with van der Waals surface area (Å²) in [6.07, 6.45) is -4.12. The number of hydrogen-bond donors (Lipinski definition) is 1. The first-order chi connectivity index (χ1) is 8.45. The van der Waals surface area contributed by atoms with E-state index in [4.69, 9.17) is 0 Å². The molecule has 6 heteroatoms. The van der Waals surface area contributed by atoms with Crippen molar-refractivity contribution in [2.24, 2.45) is 0 Å². The van der Waals surface area contributed by atoms with E-state index in [1.807, 2.05) is 0 Å². The molecule has 1 N–H and O–H groups in total. The van der Waals surface area contributed by atoms with Crippen LogP contribution >= 0.6 is 0 Å². The highest BCUT2D eigenvalue weighted by molar-refractivity contribution is 5.28. The molecule has 1 heterocycles. The predicted octanol–water partition coefficient (Wildman–Crippen LogP) is 2.38. The molecule has 0 aliphatic carbocycles. The molecular weight excluding hydrogens is 245 g/mol. The van der Waals surface area contributed by atoms with Crippen molar-refractivity contribution in [1.82, 2.24) is 10.2 Å². The Bertz CT molecular complexity index is 584. The van der Waals surface area contributed by atoms with E-state index < -0.39 is 11.7 Å². The number of benzene rings is 1. The molecule has 94 valence electrons. The van der Waals surface area contributed by atoms with Gasteiger partial charge in [-0.15, -0.1) is 0 Å². The number of halogens is 3. The molecule has 0 amide bonds. The van der Waals surface area contributed by atoms with E-state index in [0.717, 1.165) is 12.1 Å². The average Bonchev–Trinajstić information content (AvgIpc) is 2.31. The molecule has 0 aliphatic heterocycles. The van der Waals surface area contributed by atoms with Crippen molar-refractivity contribution in [2.75, 3.05) is 0 Å². The van der Waals surface area contributed by atoms with Gasteiger partial charge in [-0.2, -0.15) is 18.3 Å². The van der Waals surface area contributed by atoms with E-state index in [9.17, 15) is 18.0 Å². The van der Waals surface area contributed by atoms with Crippen LogP contribution in [0.4, 0.5) is 13.2 Å². The van der Waals surface area contributed by atoms with Gasteiger partial charge in [0.1, 0.15) is 0 Å². The molecule has 1 aromatic heterocycles. The van der Waals surface area contributed by atoms with Gasteiger partial charge in [-0.05, 0) is 17.7 Å². The van der Waals surface area contributed by atoms with Crippen LogP contribution in [0.25, 0.3) is 0 Å². The van der Waals surface area contributed by atoms with Crippen LogP contribution < -0.4 is 5.56 Å². The monoisotopic (exact) mass is 254 g/mol. The second-order valence-corrected chi connectivity index (χ2v) is 3.79. The van der Waals surface area contributed by atoms with E-state index in [1.54, 1.807) is 6.07 Å². The summed E-state index contributed by atoms with van der Waals surface area (Å²) in [5, 5.41) is 5.98. The van der Waals surface area contributed by atoms with Gasteiger partial charge in [-0.1, -0.05) is 18.2 Å². The zero-order valence-electron chi connectivity index (χ0n) is 9.16. The van der Waals surface area contributed by atoms with Crippen LogP contribution in [0, 0.1) is 0 Å². The first-order valence-corrected chi connectivity index (χ1v) is 5.16. The fourth-order valence-corrected chi connectivity index (χ4v) is 1.54. The summed E-state index contributed by atoms with van der Waals surface area (Å²) in [5.74, 6) is 0. The highest BCUT2D eigenvalue weighted by Gasteiger charge is 2.30. The van der Waals surface area contributed by atoms with Gasteiger partial charge in [-0.25, -0.2) is 5.10 Å². The minimum Gasteiger partial charge on any atom is -0.268 e. The summed E-state index contributed by atoms with van der Waals surface area (Å²) in [7, 11) is 0. The number of aromatic amines is 1. The largest absolute Gasteiger partial charge is 0.416 e. The molecule has 0 spiro atoms. The third-order valence-electron chi connectivity index (χ3n) is 2.38. The van der Waals surface area contributed by atoms with E-state index in [2.05, 4.69) is 10.2 Å². The minimum atomic E-state index is -4.35. The number of H-pyrrole nitrogens is 1. The number of nitrogens with zero attached hydrogens (tertiary/aromatic N) is 1. The van der Waals surface area contributed by atoms with Crippen LogP contribution in [-0.4, -0.2) is 10.2 Å². The molecule has 0 radical (unpaired) electrons. The molecule has 0 unspecified atom stereocenters. The van der Waals surface area contributed by atoms with E-state index in [0.29, 0.717) is 11.3 Å². The van der Waals surface area contributed by atoms with Gasteiger partial charge >= 0.3 is 6.18 Å². The molecule has 0 atom stereocenters. The lowest BCUT2D eigenvalue weighted by Gasteiger charge is -2.08. The van der Waals surface area contributed by atoms with E-state index in [1.165, 1.54) is 18.2 Å². The van der Waals surface area contributed by atoms with Crippen LogP contribution in [0.3, 0.4) is 0 Å². The molecule has 18 heavy (non-hydrogen) atoms. The number of nitrogens with one attached hydrogen (secondary N) is 1. The average molecular weight is 254 g/mol. The van der Waals surface area contributed by atoms with E-state index >= 15 is 0 Å². The van der Waals surface area contributed by atoms with Crippen LogP contribution in [0.15, 0.2) is 41.2 Å². The summed E-state index contributed by atoms with van der Waals surface area (Å²) < 4.78 is 37.5. The molecule has 2 aromatic rings. The van der Waals surface area contributed by atoms with E-state index in [-0.39, 0.29) is 12.0 Å². The minimum absolute atomic E-state index is 0.237. The number of aromatic nitrogens is 2. The third-order valence-corrected chi connectivity index (χ3v) is 2.38. The Morgan fingerprint density at radius 1 is 1.17 bits per heavy atom. The summed E-state index contributed by atoms with van der Waals surface area (Å²) in [6, 6.07) is 7.80. The maximum Gasteiger partial charge on any atom is 0.416 e. The first kappa shape index (κ1) is 12.3. The lowest BCUT2D eigenvalue weighted by molar-refractivity contribution is -0.137. The lowest BCUT2D eigenvalue weighted by Crippen LogP contribution is -2.08. The molecule has 0 bridgehead atoms. The lowest BCUT2D eigenvalue weighted by atomic mass is 10.1. The van der Waals surface area contributed by atoms with Crippen molar-refractivity contribution in [3.63, 3.8) is 0 Å². The zero-order valence-corrected chi connectivity index (χ0v) is 9.16. The van der Waals surface area contributed by atoms with Crippen LogP contribution in [0.1, 0.15) is 16.8 Å². The van der Waals surface area contributed by atoms with Crippen molar-refractivity contribution in [2.45, 2.75) is 12.6 Å². The van der Waals surface area contributed by atoms with Gasteiger partial charge in [-0.3, -0.25) is 4.79 Å². The standard InChI is InChI=1S/C12H9F3N2O/c13-12(14,15)9-3-1-2-8(6-9)7-10-4-5-11(18)17-16-10/h1-6H,7H2,(H,17,18). The van der Waals surface area contributed by atoms with Crippen LogP contribution in [0.2, 0.25) is 0 Å². The van der Waals surface area contributed by atoms with Crippen LogP contribution in [-0.2, 0) is 12.6 Å². The van der Waals surface area contributed by atoms with Crippen molar-refractivity contribution >= 4 is 0 Å². The molecule has 0 saturated carbocycles. The zero-order chi connectivity index (χ0) is 13.2. The van der Waals surface area contributed by atoms with Gasteiger partial charge < -0.3 is 0 Å².